The summed E-state index contributed by atoms with van der Waals surface area (Å²) in [6, 6.07) is 9.75. The minimum atomic E-state index is -0.408. The molecule has 0 amide bonds. The largest absolute Gasteiger partial charge is 0.482 e. The molecule has 0 aromatic heterocycles. The van der Waals surface area contributed by atoms with Crippen molar-refractivity contribution >= 4 is 16.9 Å². The van der Waals surface area contributed by atoms with E-state index >= 15 is 0 Å². The number of thioether (sulfide) groups is 1. The first kappa shape index (κ1) is 29.3. The van der Waals surface area contributed by atoms with Crippen molar-refractivity contribution in [3.8, 4) is 5.75 Å². The van der Waals surface area contributed by atoms with E-state index in [0.717, 1.165) is 54.1 Å². The fourth-order valence-electron chi connectivity index (χ4n) is 9.76. The van der Waals surface area contributed by atoms with E-state index in [1.807, 2.05) is 37.3 Å². The number of carbonyl (C=O) groups excluding carboxylic acids is 1. The zero-order valence-corrected chi connectivity index (χ0v) is 26.4. The Kier molecular flexibility index (Phi) is 8.97. The van der Waals surface area contributed by atoms with Crippen LogP contribution < -0.4 is 4.74 Å². The number of rotatable bonds is 9. The molecule has 3 heteroatoms. The molecule has 9 unspecified atom stereocenters. The molecule has 0 spiro atoms. The van der Waals surface area contributed by atoms with E-state index in [9.17, 15) is 4.79 Å². The summed E-state index contributed by atoms with van der Waals surface area (Å²) in [5.41, 5.74) is 2.57. The van der Waals surface area contributed by atoms with Gasteiger partial charge in [-0.3, -0.25) is 4.79 Å². The number of hydrogen-bond donors (Lipinski definition) is 0. The summed E-state index contributed by atoms with van der Waals surface area (Å²) in [5.74, 6) is 6.03. The maximum Gasteiger partial charge on any atom is 0.229 e. The summed E-state index contributed by atoms with van der Waals surface area (Å²) >= 11 is 1.55. The van der Waals surface area contributed by atoms with Crippen LogP contribution in [0.5, 0.6) is 5.75 Å². The van der Waals surface area contributed by atoms with Gasteiger partial charge in [-0.2, -0.15) is 0 Å². The SMILES string of the molecule is CC(C)CCCC(C)C1CCC2C3CC=C4CC(SC(=O)C(C)Oc5ccccc5)CCC4(C)C3CCC12C. The Balaban J connectivity index is 1.21. The van der Waals surface area contributed by atoms with Crippen LogP contribution in [0.4, 0.5) is 0 Å². The Morgan fingerprint density at radius 2 is 1.74 bits per heavy atom. The third-order valence-electron chi connectivity index (χ3n) is 11.9. The maximum absolute atomic E-state index is 13.0. The average Bonchev–Trinajstić information content (AvgIpc) is 3.26. The van der Waals surface area contributed by atoms with Gasteiger partial charge in [0.1, 0.15) is 5.75 Å². The van der Waals surface area contributed by atoms with Crippen molar-refractivity contribution in [2.75, 3.05) is 0 Å². The van der Waals surface area contributed by atoms with Gasteiger partial charge in [-0.1, -0.05) is 95.5 Å². The number of carbonyl (C=O) groups is 1. The molecule has 0 heterocycles. The average molecular weight is 551 g/mol. The Morgan fingerprint density at radius 3 is 2.49 bits per heavy atom. The normalized spacial score (nSPS) is 37.3. The van der Waals surface area contributed by atoms with E-state index < -0.39 is 6.10 Å². The van der Waals surface area contributed by atoms with Crippen LogP contribution in [0.3, 0.4) is 0 Å². The lowest BCUT2D eigenvalue weighted by Gasteiger charge is -2.58. The fraction of sp³-hybridized carbons (Fsp3) is 0.750. The molecule has 1 aromatic rings. The standard InChI is InChI=1S/C36H54O2S/c1-24(2)11-10-12-25(3)31-17-18-32-30-16-15-27-23-29(19-21-35(27,5)33(30)20-22-36(31,32)6)39-34(37)26(4)38-28-13-8-7-9-14-28/h7-9,13-15,24-26,29-33H,10-12,16-23H2,1-6H3. The number of fused-ring (bicyclic) bond motifs is 5. The van der Waals surface area contributed by atoms with Gasteiger partial charge >= 0.3 is 0 Å². The first-order valence-corrected chi connectivity index (χ1v) is 17.1. The highest BCUT2D eigenvalue weighted by Gasteiger charge is 2.59. The van der Waals surface area contributed by atoms with Crippen molar-refractivity contribution in [2.24, 2.45) is 46.3 Å². The van der Waals surface area contributed by atoms with Crippen LogP contribution in [-0.2, 0) is 4.79 Å². The fourth-order valence-corrected chi connectivity index (χ4v) is 10.8. The summed E-state index contributed by atoms with van der Waals surface area (Å²) in [7, 11) is 0. The summed E-state index contributed by atoms with van der Waals surface area (Å²) in [6.45, 7) is 14.5. The summed E-state index contributed by atoms with van der Waals surface area (Å²) in [4.78, 5) is 13.0. The molecule has 4 aliphatic carbocycles. The van der Waals surface area contributed by atoms with E-state index in [1.54, 1.807) is 17.3 Å². The summed E-state index contributed by atoms with van der Waals surface area (Å²) in [5, 5.41) is 0.571. The zero-order valence-electron chi connectivity index (χ0n) is 25.6. The number of benzene rings is 1. The molecule has 2 nitrogen and oxygen atoms in total. The molecule has 1 aromatic carbocycles. The Hall–Kier alpha value is -1.22. The van der Waals surface area contributed by atoms with Crippen molar-refractivity contribution in [2.45, 2.75) is 124 Å². The predicted octanol–water partition coefficient (Wildman–Crippen LogP) is 10.1. The van der Waals surface area contributed by atoms with Gasteiger partial charge in [0.05, 0.1) is 0 Å². The molecule has 4 aliphatic rings. The lowest BCUT2D eigenvalue weighted by molar-refractivity contribution is -0.116. The monoisotopic (exact) mass is 550 g/mol. The van der Waals surface area contributed by atoms with E-state index in [1.165, 1.54) is 57.8 Å². The van der Waals surface area contributed by atoms with Gasteiger partial charge in [0.15, 0.2) is 6.10 Å². The molecular weight excluding hydrogens is 496 g/mol. The van der Waals surface area contributed by atoms with E-state index in [0.29, 0.717) is 16.1 Å². The van der Waals surface area contributed by atoms with Crippen LogP contribution in [0.15, 0.2) is 42.0 Å². The van der Waals surface area contributed by atoms with Crippen molar-refractivity contribution < 1.29 is 9.53 Å². The van der Waals surface area contributed by atoms with Crippen LogP contribution in [0, 0.1) is 46.3 Å². The van der Waals surface area contributed by atoms with Gasteiger partial charge in [-0.25, -0.2) is 0 Å². The molecule has 0 bridgehead atoms. The lowest BCUT2D eigenvalue weighted by atomic mass is 9.47. The molecule has 0 aliphatic heterocycles. The molecule has 0 saturated heterocycles. The molecular formula is C36H54O2S. The summed E-state index contributed by atoms with van der Waals surface area (Å²) in [6.07, 6.45) is 17.0. The highest BCUT2D eigenvalue weighted by molar-refractivity contribution is 8.14. The van der Waals surface area contributed by atoms with Gasteiger partial charge in [0.2, 0.25) is 5.12 Å². The van der Waals surface area contributed by atoms with Crippen molar-refractivity contribution in [3.63, 3.8) is 0 Å². The maximum atomic E-state index is 13.0. The highest BCUT2D eigenvalue weighted by Crippen LogP contribution is 2.67. The highest BCUT2D eigenvalue weighted by atomic mass is 32.2. The Morgan fingerprint density at radius 1 is 0.974 bits per heavy atom. The molecule has 5 rings (SSSR count). The topological polar surface area (TPSA) is 26.3 Å². The Bertz CT molecular complexity index is 1020. The second-order valence-corrected chi connectivity index (χ2v) is 16.0. The van der Waals surface area contributed by atoms with Crippen molar-refractivity contribution in [1.82, 2.24) is 0 Å². The molecule has 3 saturated carbocycles. The summed E-state index contributed by atoms with van der Waals surface area (Å²) < 4.78 is 5.94. The second-order valence-electron chi connectivity index (χ2n) is 14.7. The van der Waals surface area contributed by atoms with Crippen LogP contribution >= 0.6 is 11.8 Å². The minimum absolute atomic E-state index is 0.176. The molecule has 0 N–H and O–H groups in total. The van der Waals surface area contributed by atoms with E-state index in [2.05, 4.69) is 40.7 Å². The lowest BCUT2D eigenvalue weighted by Crippen LogP contribution is -2.50. The third-order valence-corrected chi connectivity index (χ3v) is 13.2. The number of ether oxygens (including phenoxy) is 1. The molecule has 3 fully saturated rings. The smallest absolute Gasteiger partial charge is 0.229 e. The van der Waals surface area contributed by atoms with Crippen molar-refractivity contribution in [1.29, 1.82) is 0 Å². The van der Waals surface area contributed by atoms with Gasteiger partial charge < -0.3 is 4.74 Å². The van der Waals surface area contributed by atoms with Crippen LogP contribution in [-0.4, -0.2) is 16.5 Å². The molecule has 9 atom stereocenters. The second kappa shape index (κ2) is 11.9. The third kappa shape index (κ3) is 5.91. The minimum Gasteiger partial charge on any atom is -0.482 e. The van der Waals surface area contributed by atoms with Gasteiger partial charge in [-0.15, -0.1) is 0 Å². The quantitative estimate of drug-likeness (QED) is 0.286. The first-order valence-electron chi connectivity index (χ1n) is 16.2. The van der Waals surface area contributed by atoms with Crippen molar-refractivity contribution in [3.05, 3.63) is 42.0 Å². The van der Waals surface area contributed by atoms with Gasteiger partial charge in [0.25, 0.3) is 0 Å². The van der Waals surface area contributed by atoms with Gasteiger partial charge in [0, 0.05) is 5.25 Å². The Labute approximate surface area is 243 Å². The molecule has 0 radical (unpaired) electrons. The van der Waals surface area contributed by atoms with Gasteiger partial charge in [-0.05, 0) is 117 Å². The number of allylic oxidation sites excluding steroid dienone is 2. The molecule has 216 valence electrons. The van der Waals surface area contributed by atoms with Crippen LogP contribution in [0.1, 0.15) is 112 Å². The predicted molar refractivity (Wildman–Crippen MR) is 166 cm³/mol. The molecule has 39 heavy (non-hydrogen) atoms. The number of hydrogen-bond acceptors (Lipinski definition) is 3. The first-order chi connectivity index (χ1) is 18.6. The van der Waals surface area contributed by atoms with E-state index in [4.69, 9.17) is 4.74 Å². The number of para-hydroxylation sites is 1. The van der Waals surface area contributed by atoms with Crippen LogP contribution in [0.2, 0.25) is 0 Å². The zero-order chi connectivity index (χ0) is 27.8. The van der Waals surface area contributed by atoms with Crippen LogP contribution in [0.25, 0.3) is 0 Å². The van der Waals surface area contributed by atoms with E-state index in [-0.39, 0.29) is 5.12 Å².